The van der Waals surface area contributed by atoms with E-state index in [4.69, 9.17) is 4.52 Å². The Labute approximate surface area is 85.1 Å². The van der Waals surface area contributed by atoms with Gasteiger partial charge in [0.05, 0.1) is 0 Å². The van der Waals surface area contributed by atoms with Crippen LogP contribution >= 0.6 is 7.37 Å². The van der Waals surface area contributed by atoms with Gasteiger partial charge in [0.25, 0.3) is 0 Å². The maximum atomic E-state index is 11.8. The Morgan fingerprint density at radius 3 is 2.07 bits per heavy atom. The molecule has 3 nitrogen and oxygen atoms in total. The first-order valence-electron chi connectivity index (χ1n) is 4.38. The molecule has 0 N–H and O–H groups in total. The van der Waals surface area contributed by atoms with Crippen LogP contribution in [0.15, 0.2) is 24.3 Å². The van der Waals surface area contributed by atoms with Gasteiger partial charge in [-0.25, -0.2) is 0 Å². The molecule has 0 saturated heterocycles. The van der Waals surface area contributed by atoms with E-state index in [0.29, 0.717) is 0 Å². The lowest BCUT2D eigenvalue weighted by Gasteiger charge is -2.15. The molecule has 0 saturated carbocycles. The van der Waals surface area contributed by atoms with Crippen molar-refractivity contribution in [3.63, 3.8) is 0 Å². The van der Waals surface area contributed by atoms with E-state index in [-0.39, 0.29) is 0 Å². The molecule has 4 heteroatoms. The summed E-state index contributed by atoms with van der Waals surface area (Å²) < 4.78 is 16.8. The molecule has 0 aliphatic heterocycles. The minimum Gasteiger partial charge on any atom is -0.378 e. The molecule has 0 bridgehead atoms. The second kappa shape index (κ2) is 4.16. The van der Waals surface area contributed by atoms with Crippen LogP contribution in [0.4, 0.5) is 5.69 Å². The van der Waals surface area contributed by atoms with Crippen LogP contribution in [0.3, 0.4) is 0 Å². The molecule has 0 spiro atoms. The molecule has 0 amide bonds. The van der Waals surface area contributed by atoms with E-state index in [0.717, 1.165) is 11.0 Å². The first-order chi connectivity index (χ1) is 6.47. The third-order valence-corrected chi connectivity index (χ3v) is 4.12. The second-order valence-electron chi connectivity index (χ2n) is 3.44. The van der Waals surface area contributed by atoms with Gasteiger partial charge in [0.15, 0.2) is 0 Å². The van der Waals surface area contributed by atoms with Gasteiger partial charge in [-0.2, -0.15) is 0 Å². The summed E-state index contributed by atoms with van der Waals surface area (Å²) in [5.41, 5.74) is 1.09. The summed E-state index contributed by atoms with van der Waals surface area (Å²) in [7, 11) is 2.82. The zero-order valence-electron chi connectivity index (χ0n) is 9.02. The Balaban J connectivity index is 3.00. The summed E-state index contributed by atoms with van der Waals surface area (Å²) in [6.45, 7) is 1.62. The molecular weight excluding hydrogens is 197 g/mol. The van der Waals surface area contributed by atoms with Gasteiger partial charge in [-0.05, 0) is 24.3 Å². The molecule has 14 heavy (non-hydrogen) atoms. The number of nitrogens with zero attached hydrogens (tertiary/aromatic N) is 1. The molecule has 78 valence electrons. The van der Waals surface area contributed by atoms with Gasteiger partial charge in [0.2, 0.25) is 7.37 Å². The van der Waals surface area contributed by atoms with E-state index in [1.54, 1.807) is 6.66 Å². The third kappa shape index (κ3) is 2.37. The topological polar surface area (TPSA) is 29.5 Å². The fourth-order valence-corrected chi connectivity index (χ4v) is 2.03. The lowest BCUT2D eigenvalue weighted by atomic mass is 10.3. The van der Waals surface area contributed by atoms with Crippen molar-refractivity contribution in [1.82, 2.24) is 0 Å². The van der Waals surface area contributed by atoms with Gasteiger partial charge >= 0.3 is 0 Å². The van der Waals surface area contributed by atoms with Gasteiger partial charge in [-0.15, -0.1) is 0 Å². The van der Waals surface area contributed by atoms with Crippen LogP contribution in [0.25, 0.3) is 0 Å². The Morgan fingerprint density at radius 1 is 1.21 bits per heavy atom. The maximum absolute atomic E-state index is 11.8. The summed E-state index contributed by atoms with van der Waals surface area (Å²) in [4.78, 5) is 2.00. The normalized spacial score (nSPS) is 14.9. The highest BCUT2D eigenvalue weighted by atomic mass is 31.2. The van der Waals surface area contributed by atoms with Crippen molar-refractivity contribution in [1.29, 1.82) is 0 Å². The standard InChI is InChI=1S/C10H16NO2P/c1-11(2)9-5-7-10(8-6-9)14(4,12)13-3/h5-8H,1-4H3/t14-/m1/s1. The van der Waals surface area contributed by atoms with E-state index in [1.165, 1.54) is 7.11 Å². The molecule has 1 aromatic carbocycles. The Kier molecular flexibility index (Phi) is 3.35. The van der Waals surface area contributed by atoms with Gasteiger partial charge in [-0.1, -0.05) is 0 Å². The van der Waals surface area contributed by atoms with E-state index < -0.39 is 7.37 Å². The number of benzene rings is 1. The lowest BCUT2D eigenvalue weighted by molar-refractivity contribution is 0.408. The lowest BCUT2D eigenvalue weighted by Crippen LogP contribution is -2.11. The molecule has 0 heterocycles. The molecule has 1 atom stereocenters. The summed E-state index contributed by atoms with van der Waals surface area (Å²) >= 11 is 0. The molecule has 0 radical (unpaired) electrons. The van der Waals surface area contributed by atoms with Crippen molar-refractivity contribution in [2.75, 3.05) is 32.8 Å². The Hall–Kier alpha value is -0.790. The van der Waals surface area contributed by atoms with Crippen LogP contribution in [0.1, 0.15) is 0 Å². The van der Waals surface area contributed by atoms with Crippen LogP contribution in [-0.4, -0.2) is 27.9 Å². The van der Waals surface area contributed by atoms with Gasteiger partial charge in [0, 0.05) is 38.9 Å². The zero-order valence-corrected chi connectivity index (χ0v) is 9.91. The Bertz CT molecular complexity index is 346. The predicted octanol–water partition coefficient (Wildman–Crippen LogP) is 1.93. The molecule has 0 unspecified atom stereocenters. The van der Waals surface area contributed by atoms with Crippen LogP contribution in [0.2, 0.25) is 0 Å². The van der Waals surface area contributed by atoms with Gasteiger partial charge in [0.1, 0.15) is 0 Å². The van der Waals surface area contributed by atoms with E-state index in [9.17, 15) is 4.57 Å². The summed E-state index contributed by atoms with van der Waals surface area (Å²) in [5, 5.41) is 0.755. The number of anilines is 1. The zero-order chi connectivity index (χ0) is 10.8. The SMILES string of the molecule is CO[P@@](C)(=O)c1ccc(N(C)C)cc1. The van der Waals surface area contributed by atoms with Gasteiger partial charge < -0.3 is 9.42 Å². The number of hydrogen-bond donors (Lipinski definition) is 0. The minimum atomic E-state index is -2.59. The monoisotopic (exact) mass is 213 g/mol. The fourth-order valence-electron chi connectivity index (χ4n) is 1.13. The first-order valence-corrected chi connectivity index (χ1v) is 6.46. The summed E-state index contributed by atoms with van der Waals surface area (Å²) in [6.07, 6.45) is 0. The summed E-state index contributed by atoms with van der Waals surface area (Å²) in [5.74, 6) is 0. The van der Waals surface area contributed by atoms with E-state index in [2.05, 4.69) is 0 Å². The highest BCUT2D eigenvalue weighted by Gasteiger charge is 2.16. The van der Waals surface area contributed by atoms with Crippen molar-refractivity contribution in [3.8, 4) is 0 Å². The van der Waals surface area contributed by atoms with E-state index in [1.807, 2.05) is 43.3 Å². The maximum Gasteiger partial charge on any atom is 0.228 e. The van der Waals surface area contributed by atoms with Gasteiger partial charge in [-0.3, -0.25) is 4.57 Å². The largest absolute Gasteiger partial charge is 0.378 e. The minimum absolute atomic E-state index is 0.755. The molecule has 0 aliphatic carbocycles. The quantitative estimate of drug-likeness (QED) is 0.718. The predicted molar refractivity (Wildman–Crippen MR) is 60.9 cm³/mol. The fraction of sp³-hybridized carbons (Fsp3) is 0.400. The average molecular weight is 213 g/mol. The second-order valence-corrected chi connectivity index (χ2v) is 6.01. The van der Waals surface area contributed by atoms with Crippen molar-refractivity contribution in [2.24, 2.45) is 0 Å². The Morgan fingerprint density at radius 2 is 1.71 bits per heavy atom. The highest BCUT2D eigenvalue weighted by Crippen LogP contribution is 2.40. The van der Waals surface area contributed by atoms with Crippen molar-refractivity contribution in [3.05, 3.63) is 24.3 Å². The van der Waals surface area contributed by atoms with Crippen LogP contribution < -0.4 is 10.2 Å². The molecule has 0 aromatic heterocycles. The van der Waals surface area contributed by atoms with Crippen molar-refractivity contribution >= 4 is 18.4 Å². The van der Waals surface area contributed by atoms with Crippen molar-refractivity contribution in [2.45, 2.75) is 0 Å². The van der Waals surface area contributed by atoms with Crippen LogP contribution in [-0.2, 0) is 9.09 Å². The highest BCUT2D eigenvalue weighted by molar-refractivity contribution is 7.66. The molecule has 0 fully saturated rings. The molecule has 0 aliphatic rings. The van der Waals surface area contributed by atoms with Crippen molar-refractivity contribution < 1.29 is 9.09 Å². The van der Waals surface area contributed by atoms with Crippen LogP contribution in [0.5, 0.6) is 0 Å². The molecular formula is C10H16NO2P. The summed E-state index contributed by atoms with van der Waals surface area (Å²) in [6, 6.07) is 7.56. The van der Waals surface area contributed by atoms with E-state index >= 15 is 0 Å². The van der Waals surface area contributed by atoms with Crippen LogP contribution in [0, 0.1) is 0 Å². The number of hydrogen-bond acceptors (Lipinski definition) is 3. The molecule has 1 rings (SSSR count). The third-order valence-electron chi connectivity index (χ3n) is 2.18. The molecule has 1 aromatic rings. The average Bonchev–Trinajstić information content (AvgIpc) is 2.18. The smallest absolute Gasteiger partial charge is 0.228 e. The first kappa shape index (κ1) is 11.3. The number of rotatable bonds is 3.